The Balaban J connectivity index is 1.91. The molecule has 2 fully saturated rings. The monoisotopic (exact) mass is 240 g/mol. The zero-order valence-corrected chi connectivity index (χ0v) is 11.6. The van der Waals surface area contributed by atoms with Crippen LogP contribution in [0, 0.1) is 11.8 Å². The van der Waals surface area contributed by atoms with Crippen molar-refractivity contribution in [3.63, 3.8) is 0 Å². The summed E-state index contributed by atoms with van der Waals surface area (Å²) in [5.41, 5.74) is -0.504. The van der Waals surface area contributed by atoms with Crippen molar-refractivity contribution in [2.24, 2.45) is 11.8 Å². The highest BCUT2D eigenvalue weighted by atomic mass is 16.3. The molecule has 0 aromatic carbocycles. The molecule has 0 aliphatic carbocycles. The van der Waals surface area contributed by atoms with Gasteiger partial charge in [0.2, 0.25) is 0 Å². The summed E-state index contributed by atoms with van der Waals surface area (Å²) in [6.45, 7) is 10.9. The predicted octanol–water partition coefficient (Wildman–Crippen LogP) is 1.47. The van der Waals surface area contributed by atoms with Gasteiger partial charge in [0.1, 0.15) is 0 Å². The van der Waals surface area contributed by atoms with Crippen LogP contribution >= 0.6 is 0 Å². The van der Waals surface area contributed by atoms with E-state index in [0.29, 0.717) is 6.04 Å². The molecule has 3 heteroatoms. The van der Waals surface area contributed by atoms with Gasteiger partial charge in [0.15, 0.2) is 0 Å². The van der Waals surface area contributed by atoms with Crippen LogP contribution in [0.15, 0.2) is 0 Å². The number of hydrogen-bond donors (Lipinski definition) is 2. The third kappa shape index (κ3) is 3.01. The maximum absolute atomic E-state index is 10.5. The van der Waals surface area contributed by atoms with Crippen LogP contribution in [-0.2, 0) is 0 Å². The summed E-state index contributed by atoms with van der Waals surface area (Å²) >= 11 is 0. The van der Waals surface area contributed by atoms with E-state index in [-0.39, 0.29) is 0 Å². The second kappa shape index (κ2) is 5.25. The predicted molar refractivity (Wildman–Crippen MR) is 71.0 cm³/mol. The first kappa shape index (κ1) is 13.3. The molecule has 0 aromatic rings. The van der Waals surface area contributed by atoms with Gasteiger partial charge in [-0.05, 0) is 57.7 Å². The first-order valence-corrected chi connectivity index (χ1v) is 7.18. The van der Waals surface area contributed by atoms with Crippen LogP contribution in [0.25, 0.3) is 0 Å². The average Bonchev–Trinajstić information content (AvgIpc) is 2.28. The Morgan fingerprint density at radius 1 is 1.29 bits per heavy atom. The molecule has 0 bridgehead atoms. The van der Waals surface area contributed by atoms with Gasteiger partial charge in [-0.1, -0.05) is 13.8 Å². The summed E-state index contributed by atoms with van der Waals surface area (Å²) < 4.78 is 0. The Hall–Kier alpha value is -0.120. The van der Waals surface area contributed by atoms with E-state index in [1.54, 1.807) is 0 Å². The molecule has 2 heterocycles. The summed E-state index contributed by atoms with van der Waals surface area (Å²) in [5.74, 6) is 1.69. The zero-order valence-electron chi connectivity index (χ0n) is 11.6. The third-order valence-electron chi connectivity index (χ3n) is 4.82. The van der Waals surface area contributed by atoms with Gasteiger partial charge >= 0.3 is 0 Å². The molecule has 0 saturated carbocycles. The second-order valence-electron chi connectivity index (χ2n) is 6.44. The lowest BCUT2D eigenvalue weighted by Crippen LogP contribution is -2.61. The second-order valence-corrected chi connectivity index (χ2v) is 6.44. The van der Waals surface area contributed by atoms with Gasteiger partial charge in [0.25, 0.3) is 0 Å². The average molecular weight is 240 g/mol. The molecule has 0 spiro atoms. The van der Waals surface area contributed by atoms with Crippen molar-refractivity contribution in [1.29, 1.82) is 0 Å². The largest absolute Gasteiger partial charge is 0.388 e. The molecular formula is C14H28N2O. The van der Waals surface area contributed by atoms with Gasteiger partial charge in [-0.15, -0.1) is 0 Å². The Labute approximate surface area is 106 Å². The van der Waals surface area contributed by atoms with Crippen LogP contribution in [0.5, 0.6) is 0 Å². The van der Waals surface area contributed by atoms with Crippen molar-refractivity contribution >= 4 is 0 Å². The molecular weight excluding hydrogens is 212 g/mol. The number of rotatable bonds is 2. The number of piperidine rings is 2. The van der Waals surface area contributed by atoms with Crippen molar-refractivity contribution in [2.45, 2.75) is 51.7 Å². The first-order valence-electron chi connectivity index (χ1n) is 7.18. The van der Waals surface area contributed by atoms with E-state index in [2.05, 4.69) is 24.1 Å². The molecule has 2 atom stereocenters. The Morgan fingerprint density at radius 3 is 2.47 bits per heavy atom. The van der Waals surface area contributed by atoms with Crippen molar-refractivity contribution < 1.29 is 5.11 Å². The molecule has 17 heavy (non-hydrogen) atoms. The Kier molecular flexibility index (Phi) is 4.11. The Morgan fingerprint density at radius 2 is 1.94 bits per heavy atom. The molecule has 3 nitrogen and oxygen atoms in total. The minimum atomic E-state index is -0.504. The molecule has 0 aromatic heterocycles. The van der Waals surface area contributed by atoms with Crippen LogP contribution in [0.4, 0.5) is 0 Å². The molecule has 2 aliphatic rings. The maximum atomic E-state index is 10.5. The highest BCUT2D eigenvalue weighted by Crippen LogP contribution is 2.29. The van der Waals surface area contributed by atoms with E-state index in [9.17, 15) is 5.11 Å². The summed E-state index contributed by atoms with van der Waals surface area (Å²) in [6, 6.07) is 0.310. The van der Waals surface area contributed by atoms with Crippen molar-refractivity contribution in [3.05, 3.63) is 0 Å². The molecule has 2 saturated heterocycles. The molecule has 0 radical (unpaired) electrons. The summed E-state index contributed by atoms with van der Waals surface area (Å²) in [4.78, 5) is 2.50. The fourth-order valence-corrected chi connectivity index (χ4v) is 3.39. The van der Waals surface area contributed by atoms with Gasteiger partial charge in [0, 0.05) is 6.54 Å². The van der Waals surface area contributed by atoms with Gasteiger partial charge in [-0.3, -0.25) is 4.90 Å². The van der Waals surface area contributed by atoms with Crippen molar-refractivity contribution in [2.75, 3.05) is 26.2 Å². The van der Waals surface area contributed by atoms with Gasteiger partial charge in [0.05, 0.1) is 11.6 Å². The van der Waals surface area contributed by atoms with Crippen molar-refractivity contribution in [1.82, 2.24) is 10.2 Å². The molecule has 100 valence electrons. The molecule has 2 N–H and O–H groups in total. The number of likely N-dealkylation sites (tertiary alicyclic amines) is 1. The van der Waals surface area contributed by atoms with Gasteiger partial charge < -0.3 is 10.4 Å². The SMILES string of the molecule is CC(C)C1CCN(C2CNCCC2(C)O)CC1. The first-order chi connectivity index (χ1) is 8.00. The molecule has 2 rings (SSSR count). The molecule has 0 amide bonds. The van der Waals surface area contributed by atoms with Crippen LogP contribution in [-0.4, -0.2) is 47.8 Å². The topological polar surface area (TPSA) is 35.5 Å². The third-order valence-corrected chi connectivity index (χ3v) is 4.82. The lowest BCUT2D eigenvalue weighted by atomic mass is 9.83. The maximum Gasteiger partial charge on any atom is 0.0798 e. The van der Waals surface area contributed by atoms with E-state index in [1.807, 2.05) is 6.92 Å². The fraction of sp³-hybridized carbons (Fsp3) is 1.00. The van der Waals surface area contributed by atoms with E-state index in [0.717, 1.165) is 44.4 Å². The zero-order chi connectivity index (χ0) is 12.5. The van der Waals surface area contributed by atoms with E-state index < -0.39 is 5.60 Å². The lowest BCUT2D eigenvalue weighted by molar-refractivity contribution is -0.0629. The standard InChI is InChI=1S/C14H28N2O/c1-11(2)12-4-8-16(9-5-12)13-10-15-7-6-14(13,3)17/h11-13,15,17H,4-10H2,1-3H3. The summed E-state index contributed by atoms with van der Waals surface area (Å²) in [5, 5.41) is 13.9. The van der Waals surface area contributed by atoms with Gasteiger partial charge in [-0.2, -0.15) is 0 Å². The quantitative estimate of drug-likeness (QED) is 0.767. The molecule has 2 unspecified atom stereocenters. The number of nitrogens with one attached hydrogen (secondary N) is 1. The number of nitrogens with zero attached hydrogens (tertiary/aromatic N) is 1. The fourth-order valence-electron chi connectivity index (χ4n) is 3.39. The highest BCUT2D eigenvalue weighted by molar-refractivity contribution is 4.96. The van der Waals surface area contributed by atoms with Crippen molar-refractivity contribution in [3.8, 4) is 0 Å². The van der Waals surface area contributed by atoms with Gasteiger partial charge in [-0.25, -0.2) is 0 Å². The summed E-state index contributed by atoms with van der Waals surface area (Å²) in [6.07, 6.45) is 3.47. The van der Waals surface area contributed by atoms with Crippen LogP contribution in [0.2, 0.25) is 0 Å². The Bertz CT molecular complexity index is 245. The lowest BCUT2D eigenvalue weighted by Gasteiger charge is -2.47. The minimum Gasteiger partial charge on any atom is -0.388 e. The van der Waals surface area contributed by atoms with Crippen LogP contribution < -0.4 is 5.32 Å². The minimum absolute atomic E-state index is 0.310. The summed E-state index contributed by atoms with van der Waals surface area (Å²) in [7, 11) is 0. The van der Waals surface area contributed by atoms with Crippen LogP contribution in [0.3, 0.4) is 0 Å². The van der Waals surface area contributed by atoms with E-state index in [4.69, 9.17) is 0 Å². The van der Waals surface area contributed by atoms with Crippen LogP contribution in [0.1, 0.15) is 40.0 Å². The van der Waals surface area contributed by atoms with E-state index in [1.165, 1.54) is 12.8 Å². The highest BCUT2D eigenvalue weighted by Gasteiger charge is 2.39. The number of hydrogen-bond acceptors (Lipinski definition) is 3. The normalized spacial score (nSPS) is 37.6. The van der Waals surface area contributed by atoms with E-state index >= 15 is 0 Å². The molecule has 2 aliphatic heterocycles. The smallest absolute Gasteiger partial charge is 0.0798 e. The number of aliphatic hydroxyl groups is 1.